The van der Waals surface area contributed by atoms with E-state index in [0.717, 1.165) is 17.4 Å². The summed E-state index contributed by atoms with van der Waals surface area (Å²) in [5.74, 6) is 2.90. The lowest BCUT2D eigenvalue weighted by Crippen LogP contribution is -2.30. The van der Waals surface area contributed by atoms with Crippen molar-refractivity contribution in [2.45, 2.75) is 70.8 Å². The van der Waals surface area contributed by atoms with Crippen molar-refractivity contribution in [1.29, 1.82) is 0 Å². The SMILES string of the molecule is CC(C)c1ccc(C(O)C2CCC3CCCCC3C2)cc1. The summed E-state index contributed by atoms with van der Waals surface area (Å²) in [5.41, 5.74) is 2.49. The molecular formula is C20H30O. The van der Waals surface area contributed by atoms with Crippen LogP contribution in [0.15, 0.2) is 24.3 Å². The summed E-state index contributed by atoms with van der Waals surface area (Å²) >= 11 is 0. The van der Waals surface area contributed by atoms with Gasteiger partial charge in [-0.15, -0.1) is 0 Å². The molecule has 0 spiro atoms. The van der Waals surface area contributed by atoms with Gasteiger partial charge >= 0.3 is 0 Å². The maximum atomic E-state index is 10.8. The van der Waals surface area contributed by atoms with E-state index in [1.165, 1.54) is 50.5 Å². The Bertz CT molecular complexity index is 447. The Morgan fingerprint density at radius 3 is 2.14 bits per heavy atom. The second kappa shape index (κ2) is 6.52. The normalized spacial score (nSPS) is 31.0. The van der Waals surface area contributed by atoms with Crippen LogP contribution < -0.4 is 0 Å². The fourth-order valence-corrected chi connectivity index (χ4v) is 4.55. The minimum Gasteiger partial charge on any atom is -0.388 e. The summed E-state index contributed by atoms with van der Waals surface area (Å²) in [6.45, 7) is 4.44. The lowest BCUT2D eigenvalue weighted by molar-refractivity contribution is 0.0349. The number of fused-ring (bicyclic) bond motifs is 1. The highest BCUT2D eigenvalue weighted by Crippen LogP contribution is 2.46. The van der Waals surface area contributed by atoms with E-state index in [4.69, 9.17) is 0 Å². The molecule has 3 rings (SSSR count). The van der Waals surface area contributed by atoms with E-state index < -0.39 is 0 Å². The van der Waals surface area contributed by atoms with Crippen LogP contribution in [0.2, 0.25) is 0 Å². The predicted octanol–water partition coefficient (Wildman–Crippen LogP) is 5.45. The average Bonchev–Trinajstić information content (AvgIpc) is 2.54. The molecule has 4 unspecified atom stereocenters. The van der Waals surface area contributed by atoms with Crippen molar-refractivity contribution in [3.63, 3.8) is 0 Å². The zero-order chi connectivity index (χ0) is 14.8. The lowest BCUT2D eigenvalue weighted by Gasteiger charge is -2.40. The lowest BCUT2D eigenvalue weighted by atomic mass is 9.66. The number of aliphatic hydroxyl groups excluding tert-OH is 1. The van der Waals surface area contributed by atoms with Gasteiger partial charge in [-0.25, -0.2) is 0 Å². The van der Waals surface area contributed by atoms with Crippen molar-refractivity contribution in [1.82, 2.24) is 0 Å². The molecule has 4 atom stereocenters. The maximum absolute atomic E-state index is 10.8. The van der Waals surface area contributed by atoms with Gasteiger partial charge in [0.2, 0.25) is 0 Å². The summed E-state index contributed by atoms with van der Waals surface area (Å²) in [6, 6.07) is 8.67. The molecule has 2 aliphatic rings. The molecule has 0 heterocycles. The minimum atomic E-state index is -0.255. The number of hydrogen-bond acceptors (Lipinski definition) is 1. The summed E-state index contributed by atoms with van der Waals surface area (Å²) in [4.78, 5) is 0. The predicted molar refractivity (Wildman–Crippen MR) is 88.3 cm³/mol. The molecule has 1 aromatic carbocycles. The highest BCUT2D eigenvalue weighted by molar-refractivity contribution is 5.26. The van der Waals surface area contributed by atoms with Crippen LogP contribution in [0.5, 0.6) is 0 Å². The van der Waals surface area contributed by atoms with Gasteiger partial charge in [0.1, 0.15) is 0 Å². The van der Waals surface area contributed by atoms with E-state index >= 15 is 0 Å². The zero-order valence-electron chi connectivity index (χ0n) is 13.6. The Kier molecular flexibility index (Phi) is 4.69. The summed E-state index contributed by atoms with van der Waals surface area (Å²) in [7, 11) is 0. The topological polar surface area (TPSA) is 20.2 Å². The Morgan fingerprint density at radius 2 is 1.48 bits per heavy atom. The maximum Gasteiger partial charge on any atom is 0.0818 e. The van der Waals surface area contributed by atoms with Crippen LogP contribution in [-0.4, -0.2) is 5.11 Å². The molecule has 0 saturated heterocycles. The first kappa shape index (κ1) is 15.1. The van der Waals surface area contributed by atoms with Crippen LogP contribution >= 0.6 is 0 Å². The molecule has 1 N–H and O–H groups in total. The van der Waals surface area contributed by atoms with E-state index in [-0.39, 0.29) is 6.10 Å². The average molecular weight is 286 g/mol. The van der Waals surface area contributed by atoms with Gasteiger partial charge in [-0.2, -0.15) is 0 Å². The smallest absolute Gasteiger partial charge is 0.0818 e. The second-order valence-corrected chi connectivity index (χ2v) is 7.64. The van der Waals surface area contributed by atoms with Gasteiger partial charge in [0, 0.05) is 0 Å². The fraction of sp³-hybridized carbons (Fsp3) is 0.700. The Labute approximate surface area is 129 Å². The van der Waals surface area contributed by atoms with Gasteiger partial charge in [-0.1, -0.05) is 63.8 Å². The molecule has 1 heteroatoms. The van der Waals surface area contributed by atoms with E-state index in [2.05, 4.69) is 38.1 Å². The number of rotatable bonds is 3. The first-order valence-corrected chi connectivity index (χ1v) is 8.93. The van der Waals surface area contributed by atoms with Gasteiger partial charge < -0.3 is 5.11 Å². The molecule has 21 heavy (non-hydrogen) atoms. The highest BCUT2D eigenvalue weighted by atomic mass is 16.3. The van der Waals surface area contributed by atoms with Gasteiger partial charge in [0.05, 0.1) is 6.10 Å². The third-order valence-corrected chi connectivity index (χ3v) is 5.97. The standard InChI is InChI=1S/C20H30O/c1-14(2)15-7-10-17(11-8-15)20(21)19-12-9-16-5-3-4-6-18(16)13-19/h7-8,10-11,14,16,18-21H,3-6,9,12-13H2,1-2H3. The highest BCUT2D eigenvalue weighted by Gasteiger charge is 2.35. The molecule has 0 aromatic heterocycles. The van der Waals surface area contributed by atoms with Gasteiger partial charge in [0.15, 0.2) is 0 Å². The van der Waals surface area contributed by atoms with Crippen molar-refractivity contribution in [3.8, 4) is 0 Å². The van der Waals surface area contributed by atoms with E-state index in [1.54, 1.807) is 0 Å². The van der Waals surface area contributed by atoms with Crippen LogP contribution in [0.1, 0.15) is 81.9 Å². The third-order valence-electron chi connectivity index (χ3n) is 5.97. The molecule has 1 nitrogen and oxygen atoms in total. The molecule has 1 aromatic rings. The summed E-state index contributed by atoms with van der Waals surface area (Å²) in [5, 5.41) is 10.8. The molecule has 2 aliphatic carbocycles. The van der Waals surface area contributed by atoms with Crippen molar-refractivity contribution >= 4 is 0 Å². The quantitative estimate of drug-likeness (QED) is 0.783. The molecule has 0 aliphatic heterocycles. The first-order valence-electron chi connectivity index (χ1n) is 8.93. The number of aliphatic hydroxyl groups is 1. The Balaban J connectivity index is 1.65. The van der Waals surface area contributed by atoms with Crippen LogP contribution in [0, 0.1) is 17.8 Å². The minimum absolute atomic E-state index is 0.255. The second-order valence-electron chi connectivity index (χ2n) is 7.64. The van der Waals surface area contributed by atoms with Crippen LogP contribution in [0.25, 0.3) is 0 Å². The molecule has 116 valence electrons. The van der Waals surface area contributed by atoms with Crippen molar-refractivity contribution in [2.75, 3.05) is 0 Å². The van der Waals surface area contributed by atoms with E-state index in [9.17, 15) is 5.11 Å². The van der Waals surface area contributed by atoms with Crippen molar-refractivity contribution in [2.24, 2.45) is 17.8 Å². The summed E-state index contributed by atoms with van der Waals surface area (Å²) in [6.07, 6.45) is 9.24. The Hall–Kier alpha value is -0.820. The third kappa shape index (κ3) is 3.34. The fourth-order valence-electron chi connectivity index (χ4n) is 4.55. The van der Waals surface area contributed by atoms with Gasteiger partial charge in [0.25, 0.3) is 0 Å². The molecule has 0 radical (unpaired) electrons. The van der Waals surface area contributed by atoms with E-state index in [0.29, 0.717) is 11.8 Å². The van der Waals surface area contributed by atoms with Crippen molar-refractivity contribution < 1.29 is 5.11 Å². The van der Waals surface area contributed by atoms with Crippen LogP contribution in [0.4, 0.5) is 0 Å². The molecule has 0 amide bonds. The largest absolute Gasteiger partial charge is 0.388 e. The Morgan fingerprint density at radius 1 is 0.857 bits per heavy atom. The zero-order valence-corrected chi connectivity index (χ0v) is 13.6. The molecule has 0 bridgehead atoms. The van der Waals surface area contributed by atoms with Crippen LogP contribution in [-0.2, 0) is 0 Å². The molecule has 2 saturated carbocycles. The first-order chi connectivity index (χ1) is 10.1. The van der Waals surface area contributed by atoms with E-state index in [1.807, 2.05) is 0 Å². The number of benzene rings is 1. The van der Waals surface area contributed by atoms with Gasteiger partial charge in [-0.05, 0) is 54.1 Å². The van der Waals surface area contributed by atoms with Crippen LogP contribution in [0.3, 0.4) is 0 Å². The van der Waals surface area contributed by atoms with Crippen molar-refractivity contribution in [3.05, 3.63) is 35.4 Å². The molecular weight excluding hydrogens is 256 g/mol. The summed E-state index contributed by atoms with van der Waals surface area (Å²) < 4.78 is 0. The van der Waals surface area contributed by atoms with Gasteiger partial charge in [-0.3, -0.25) is 0 Å². The monoisotopic (exact) mass is 286 g/mol. The molecule has 2 fully saturated rings. The number of hydrogen-bond donors (Lipinski definition) is 1.